The molecule has 27 heavy (non-hydrogen) atoms. The maximum absolute atomic E-state index is 9.95. The van der Waals surface area contributed by atoms with Crippen molar-refractivity contribution in [3.63, 3.8) is 0 Å². The van der Waals surface area contributed by atoms with E-state index in [-0.39, 0.29) is 0 Å². The summed E-state index contributed by atoms with van der Waals surface area (Å²) in [5, 5.41) is 10.4. The van der Waals surface area contributed by atoms with Crippen LogP contribution in [0.5, 0.6) is 11.5 Å². The third-order valence-corrected chi connectivity index (χ3v) is 5.05. The zero-order chi connectivity index (χ0) is 19.4. The minimum Gasteiger partial charge on any atom is -0.507 e. The number of hydrogen-bond acceptors (Lipinski definition) is 4. The van der Waals surface area contributed by atoms with Crippen LogP contribution in [0.2, 0.25) is 5.28 Å². The molecule has 3 aromatic rings. The number of aromatic hydroxyl groups is 1. The first kappa shape index (κ1) is 19.5. The Kier molecular flexibility index (Phi) is 6.24. The molecule has 0 unspecified atom stereocenters. The molecular weight excluding hydrogens is 364 g/mol. The van der Waals surface area contributed by atoms with Crippen molar-refractivity contribution in [1.82, 2.24) is 9.55 Å². The zero-order valence-electron chi connectivity index (χ0n) is 16.0. The van der Waals surface area contributed by atoms with Crippen LogP contribution in [0.1, 0.15) is 23.1 Å². The fraction of sp³-hybridized carbons (Fsp3) is 0.381. The highest BCUT2D eigenvalue weighted by Crippen LogP contribution is 2.32. The Labute approximate surface area is 164 Å². The number of ether oxygens (including phenoxy) is 2. The molecule has 0 bridgehead atoms. The van der Waals surface area contributed by atoms with E-state index in [9.17, 15) is 5.11 Å². The van der Waals surface area contributed by atoms with E-state index >= 15 is 0 Å². The number of rotatable bonds is 8. The maximum Gasteiger partial charge on any atom is 0.203 e. The third-order valence-electron chi connectivity index (χ3n) is 4.77. The van der Waals surface area contributed by atoms with E-state index in [1.807, 2.05) is 55.7 Å². The summed E-state index contributed by atoms with van der Waals surface area (Å²) < 4.78 is 13.5. The number of nitrogens with zero attached hydrogens (tertiary/aromatic N) is 2. The van der Waals surface area contributed by atoms with Gasteiger partial charge in [0.15, 0.2) is 0 Å². The van der Waals surface area contributed by atoms with Crippen molar-refractivity contribution in [2.45, 2.75) is 33.7 Å². The van der Waals surface area contributed by atoms with Gasteiger partial charge in [0.25, 0.3) is 0 Å². The monoisotopic (exact) mass is 388 g/mol. The molecule has 0 aliphatic carbocycles. The molecule has 3 rings (SSSR count). The molecule has 0 atom stereocenters. The van der Waals surface area contributed by atoms with E-state index in [0.29, 0.717) is 37.4 Å². The van der Waals surface area contributed by atoms with Gasteiger partial charge in [-0.3, -0.25) is 0 Å². The van der Waals surface area contributed by atoms with E-state index in [4.69, 9.17) is 21.1 Å². The maximum atomic E-state index is 9.95. The van der Waals surface area contributed by atoms with Gasteiger partial charge in [0, 0.05) is 19.6 Å². The first-order valence-electron chi connectivity index (χ1n) is 9.10. The predicted octanol–water partition coefficient (Wildman–Crippen LogP) is 4.81. The molecule has 1 N–H and O–H groups in total. The van der Waals surface area contributed by atoms with Gasteiger partial charge in [0.2, 0.25) is 5.28 Å². The Bertz CT molecular complexity index is 937. The summed E-state index contributed by atoms with van der Waals surface area (Å²) in [6.45, 7) is 8.14. The Balaban J connectivity index is 1.42. The number of fused-ring (bicyclic) bond motifs is 1. The highest BCUT2D eigenvalue weighted by molar-refractivity contribution is 6.29. The minimum atomic E-state index is 0.342. The summed E-state index contributed by atoms with van der Waals surface area (Å²) in [7, 11) is 0. The predicted molar refractivity (Wildman–Crippen MR) is 108 cm³/mol. The van der Waals surface area contributed by atoms with Crippen LogP contribution in [0.15, 0.2) is 30.3 Å². The van der Waals surface area contributed by atoms with E-state index in [0.717, 1.165) is 39.9 Å². The average Bonchev–Trinajstić information content (AvgIpc) is 2.98. The summed E-state index contributed by atoms with van der Waals surface area (Å²) in [4.78, 5) is 4.34. The SMILES string of the molecule is Cc1cc(OCCCOCCn2c(Cl)nc3ccccc32)c(C)c(C)c1O. The molecule has 0 saturated heterocycles. The van der Waals surface area contributed by atoms with Crippen molar-refractivity contribution in [1.29, 1.82) is 0 Å². The molecule has 1 aromatic heterocycles. The molecule has 5 nitrogen and oxygen atoms in total. The largest absolute Gasteiger partial charge is 0.507 e. The number of para-hydroxylation sites is 2. The number of hydrogen-bond donors (Lipinski definition) is 1. The van der Waals surface area contributed by atoms with Gasteiger partial charge in [-0.15, -0.1) is 0 Å². The number of benzene rings is 2. The molecule has 0 aliphatic rings. The fourth-order valence-electron chi connectivity index (χ4n) is 3.04. The van der Waals surface area contributed by atoms with E-state index in [2.05, 4.69) is 4.98 Å². The second-order valence-corrected chi connectivity index (χ2v) is 6.96. The first-order valence-corrected chi connectivity index (χ1v) is 9.48. The van der Waals surface area contributed by atoms with Crippen LogP contribution < -0.4 is 4.74 Å². The van der Waals surface area contributed by atoms with E-state index in [1.54, 1.807) is 0 Å². The Morgan fingerprint density at radius 1 is 1.07 bits per heavy atom. The second kappa shape index (κ2) is 8.63. The number of phenolic OH excluding ortho intramolecular Hbond substituents is 1. The quantitative estimate of drug-likeness (QED) is 0.563. The van der Waals surface area contributed by atoms with E-state index in [1.165, 1.54) is 0 Å². The molecule has 0 amide bonds. The number of aryl methyl sites for hydroxylation is 1. The smallest absolute Gasteiger partial charge is 0.203 e. The number of aromatic nitrogens is 2. The normalized spacial score (nSPS) is 11.3. The van der Waals surface area contributed by atoms with Gasteiger partial charge in [0.05, 0.1) is 24.2 Å². The van der Waals surface area contributed by atoms with Crippen molar-refractivity contribution in [2.24, 2.45) is 0 Å². The molecule has 0 radical (unpaired) electrons. The second-order valence-electron chi connectivity index (χ2n) is 6.63. The van der Waals surface area contributed by atoms with Crippen molar-refractivity contribution in [3.05, 3.63) is 52.3 Å². The van der Waals surface area contributed by atoms with Gasteiger partial charge < -0.3 is 19.1 Å². The number of phenols is 1. The Morgan fingerprint density at radius 2 is 1.85 bits per heavy atom. The van der Waals surface area contributed by atoms with Crippen molar-refractivity contribution < 1.29 is 14.6 Å². The molecule has 0 spiro atoms. The minimum absolute atomic E-state index is 0.342. The van der Waals surface area contributed by atoms with Crippen molar-refractivity contribution >= 4 is 22.6 Å². The Morgan fingerprint density at radius 3 is 2.67 bits per heavy atom. The van der Waals surface area contributed by atoms with Crippen LogP contribution in [0.4, 0.5) is 0 Å². The lowest BCUT2D eigenvalue weighted by molar-refractivity contribution is 0.113. The molecule has 144 valence electrons. The van der Waals surface area contributed by atoms with Crippen LogP contribution in [0, 0.1) is 20.8 Å². The molecule has 2 aromatic carbocycles. The third kappa shape index (κ3) is 4.37. The highest BCUT2D eigenvalue weighted by atomic mass is 35.5. The first-order chi connectivity index (χ1) is 13.0. The van der Waals surface area contributed by atoms with Crippen LogP contribution >= 0.6 is 11.6 Å². The molecule has 0 aliphatic heterocycles. The van der Waals surface area contributed by atoms with Gasteiger partial charge in [-0.1, -0.05) is 12.1 Å². The van der Waals surface area contributed by atoms with Gasteiger partial charge in [-0.25, -0.2) is 4.98 Å². The summed E-state index contributed by atoms with van der Waals surface area (Å²) in [5.74, 6) is 1.16. The fourth-order valence-corrected chi connectivity index (χ4v) is 3.31. The van der Waals surface area contributed by atoms with Crippen LogP contribution in [-0.4, -0.2) is 34.5 Å². The van der Waals surface area contributed by atoms with Crippen LogP contribution in [0.25, 0.3) is 11.0 Å². The van der Waals surface area contributed by atoms with Crippen molar-refractivity contribution in [3.8, 4) is 11.5 Å². The highest BCUT2D eigenvalue weighted by Gasteiger charge is 2.10. The average molecular weight is 389 g/mol. The van der Waals surface area contributed by atoms with E-state index < -0.39 is 0 Å². The summed E-state index contributed by atoms with van der Waals surface area (Å²) >= 11 is 6.21. The standard InChI is InChI=1S/C21H25ClN2O3/c1-14-13-19(15(2)16(3)20(14)25)27-11-6-10-26-12-9-24-18-8-5-4-7-17(18)23-21(24)22/h4-5,7-8,13,25H,6,9-12H2,1-3H3. The van der Waals surface area contributed by atoms with Gasteiger partial charge >= 0.3 is 0 Å². The molecule has 0 saturated carbocycles. The summed E-state index contributed by atoms with van der Waals surface area (Å²) in [5.41, 5.74) is 4.58. The lowest BCUT2D eigenvalue weighted by Gasteiger charge is -2.14. The molecular formula is C21H25ClN2O3. The molecule has 1 heterocycles. The van der Waals surface area contributed by atoms with Gasteiger partial charge in [0.1, 0.15) is 11.5 Å². The number of halogens is 1. The van der Waals surface area contributed by atoms with Crippen molar-refractivity contribution in [2.75, 3.05) is 19.8 Å². The number of imidazole rings is 1. The van der Waals surface area contributed by atoms with Crippen LogP contribution in [-0.2, 0) is 11.3 Å². The zero-order valence-corrected chi connectivity index (χ0v) is 16.7. The van der Waals surface area contributed by atoms with Gasteiger partial charge in [-0.05, 0) is 67.3 Å². The van der Waals surface area contributed by atoms with Gasteiger partial charge in [-0.2, -0.15) is 0 Å². The molecule has 6 heteroatoms. The Hall–Kier alpha value is -2.24. The van der Waals surface area contributed by atoms with Crippen LogP contribution in [0.3, 0.4) is 0 Å². The summed E-state index contributed by atoms with van der Waals surface area (Å²) in [6, 6.07) is 9.76. The lowest BCUT2D eigenvalue weighted by Crippen LogP contribution is -2.09. The molecule has 0 fully saturated rings. The summed E-state index contributed by atoms with van der Waals surface area (Å²) in [6.07, 6.45) is 0.789. The lowest BCUT2D eigenvalue weighted by atomic mass is 10.0. The topological polar surface area (TPSA) is 56.5 Å².